The van der Waals surface area contributed by atoms with Crippen molar-refractivity contribution in [3.8, 4) is 0 Å². The van der Waals surface area contributed by atoms with E-state index in [0.29, 0.717) is 6.54 Å². The fourth-order valence-electron chi connectivity index (χ4n) is 3.79. The van der Waals surface area contributed by atoms with Gasteiger partial charge in [0.05, 0.1) is 0 Å². The number of rotatable bonds is 4. The van der Waals surface area contributed by atoms with E-state index in [4.69, 9.17) is 5.73 Å². The predicted molar refractivity (Wildman–Crippen MR) is 93.1 cm³/mol. The van der Waals surface area contributed by atoms with Crippen LogP contribution in [0.4, 0.5) is 0 Å². The number of amides is 2. The van der Waals surface area contributed by atoms with Crippen LogP contribution in [0.5, 0.6) is 0 Å². The van der Waals surface area contributed by atoms with Crippen molar-refractivity contribution in [3.05, 3.63) is 35.9 Å². The van der Waals surface area contributed by atoms with Gasteiger partial charge in [0.25, 0.3) is 0 Å². The Labute approximate surface area is 143 Å². The van der Waals surface area contributed by atoms with E-state index in [1.54, 1.807) is 0 Å². The number of carbonyl (C=O) groups excluding carboxylic acids is 2. The van der Waals surface area contributed by atoms with E-state index in [9.17, 15) is 9.59 Å². The molecule has 3 N–H and O–H groups in total. The lowest BCUT2D eigenvalue weighted by Crippen LogP contribution is -2.43. The molecule has 1 heterocycles. The van der Waals surface area contributed by atoms with Crippen molar-refractivity contribution in [2.45, 2.75) is 50.6 Å². The average Bonchev–Trinajstić information content (AvgIpc) is 3.10. The summed E-state index contributed by atoms with van der Waals surface area (Å²) < 4.78 is 0. The molecule has 1 aromatic rings. The molecule has 0 bridgehead atoms. The molecule has 24 heavy (non-hydrogen) atoms. The highest BCUT2D eigenvalue weighted by molar-refractivity contribution is 5.83. The lowest BCUT2D eigenvalue weighted by atomic mass is 9.88. The minimum Gasteiger partial charge on any atom is -0.350 e. The molecule has 1 saturated heterocycles. The smallest absolute Gasteiger partial charge is 0.241 e. The fraction of sp³-hybridized carbons (Fsp3) is 0.579. The molecule has 1 aliphatic carbocycles. The maximum atomic E-state index is 12.6. The Kier molecular flexibility index (Phi) is 5.51. The van der Waals surface area contributed by atoms with Gasteiger partial charge in [-0.25, -0.2) is 0 Å². The second-order valence-electron chi connectivity index (χ2n) is 7.00. The summed E-state index contributed by atoms with van der Waals surface area (Å²) >= 11 is 0. The number of nitrogens with zero attached hydrogens (tertiary/aromatic N) is 1. The van der Waals surface area contributed by atoms with Crippen LogP contribution in [0.25, 0.3) is 0 Å². The number of carbonyl (C=O) groups is 2. The minimum atomic E-state index is -0.658. The number of hydrogen-bond donors (Lipinski definition) is 2. The van der Waals surface area contributed by atoms with Crippen LogP contribution in [0.3, 0.4) is 0 Å². The van der Waals surface area contributed by atoms with Crippen LogP contribution in [0.2, 0.25) is 0 Å². The minimum absolute atomic E-state index is 0.0137. The van der Waals surface area contributed by atoms with E-state index < -0.39 is 6.04 Å². The van der Waals surface area contributed by atoms with Crippen molar-refractivity contribution in [1.82, 2.24) is 10.2 Å². The maximum absolute atomic E-state index is 12.6. The molecule has 1 aromatic carbocycles. The number of nitrogens with one attached hydrogen (secondary N) is 1. The first-order valence-corrected chi connectivity index (χ1v) is 9.05. The summed E-state index contributed by atoms with van der Waals surface area (Å²) in [6, 6.07) is 8.73. The number of likely N-dealkylation sites (tertiary alicyclic amines) is 1. The Morgan fingerprint density at radius 3 is 2.50 bits per heavy atom. The molecule has 0 radical (unpaired) electrons. The average molecular weight is 329 g/mol. The van der Waals surface area contributed by atoms with Gasteiger partial charge in [-0.05, 0) is 24.8 Å². The van der Waals surface area contributed by atoms with E-state index in [1.807, 2.05) is 35.2 Å². The monoisotopic (exact) mass is 329 g/mol. The molecule has 2 amide bonds. The van der Waals surface area contributed by atoms with Crippen molar-refractivity contribution in [1.29, 1.82) is 0 Å². The van der Waals surface area contributed by atoms with Crippen molar-refractivity contribution in [2.24, 2.45) is 11.7 Å². The van der Waals surface area contributed by atoms with E-state index >= 15 is 0 Å². The topological polar surface area (TPSA) is 75.4 Å². The van der Waals surface area contributed by atoms with Gasteiger partial charge >= 0.3 is 0 Å². The van der Waals surface area contributed by atoms with E-state index in [0.717, 1.165) is 44.2 Å². The van der Waals surface area contributed by atoms with Gasteiger partial charge in [-0.15, -0.1) is 0 Å². The Morgan fingerprint density at radius 2 is 1.79 bits per heavy atom. The molecule has 0 spiro atoms. The third-order valence-electron chi connectivity index (χ3n) is 5.24. The highest BCUT2D eigenvalue weighted by Gasteiger charge is 2.32. The van der Waals surface area contributed by atoms with Gasteiger partial charge in [0.2, 0.25) is 11.8 Å². The first-order chi connectivity index (χ1) is 11.6. The molecule has 1 saturated carbocycles. The predicted octanol–water partition coefficient (Wildman–Crippen LogP) is 1.98. The molecular formula is C19H27N3O2. The second kappa shape index (κ2) is 7.79. The Morgan fingerprint density at radius 1 is 1.08 bits per heavy atom. The zero-order chi connectivity index (χ0) is 16.9. The Bertz CT molecular complexity index is 569. The summed E-state index contributed by atoms with van der Waals surface area (Å²) in [5, 5.41) is 3.01. The van der Waals surface area contributed by atoms with Gasteiger partial charge in [0.15, 0.2) is 0 Å². The van der Waals surface area contributed by atoms with Gasteiger partial charge in [-0.3, -0.25) is 9.59 Å². The van der Waals surface area contributed by atoms with Crippen molar-refractivity contribution in [3.63, 3.8) is 0 Å². The zero-order valence-corrected chi connectivity index (χ0v) is 14.1. The SMILES string of the molecule is NC(C(=O)NC1CCN(C(=O)C2CCCCC2)C1)c1ccccc1. The summed E-state index contributed by atoms with van der Waals surface area (Å²) in [4.78, 5) is 26.8. The number of benzene rings is 1. The van der Waals surface area contributed by atoms with Crippen LogP contribution < -0.4 is 11.1 Å². The molecule has 3 rings (SSSR count). The summed E-state index contributed by atoms with van der Waals surface area (Å²) in [5.74, 6) is 0.303. The van der Waals surface area contributed by atoms with Gasteiger partial charge < -0.3 is 16.0 Å². The second-order valence-corrected chi connectivity index (χ2v) is 7.00. The third kappa shape index (κ3) is 3.96. The summed E-state index contributed by atoms with van der Waals surface area (Å²) in [7, 11) is 0. The van der Waals surface area contributed by atoms with Gasteiger partial charge in [-0.1, -0.05) is 49.6 Å². The quantitative estimate of drug-likeness (QED) is 0.887. The molecule has 1 aliphatic heterocycles. The third-order valence-corrected chi connectivity index (χ3v) is 5.24. The molecule has 2 aliphatic rings. The first kappa shape index (κ1) is 17.0. The van der Waals surface area contributed by atoms with Crippen LogP contribution in [0.15, 0.2) is 30.3 Å². The van der Waals surface area contributed by atoms with E-state index in [1.165, 1.54) is 6.42 Å². The van der Waals surface area contributed by atoms with E-state index in [-0.39, 0.29) is 23.8 Å². The summed E-state index contributed by atoms with van der Waals surface area (Å²) in [6.45, 7) is 1.35. The van der Waals surface area contributed by atoms with Crippen LogP contribution in [0.1, 0.15) is 50.1 Å². The highest BCUT2D eigenvalue weighted by Crippen LogP contribution is 2.26. The summed E-state index contributed by atoms with van der Waals surface area (Å²) in [5.41, 5.74) is 6.84. The summed E-state index contributed by atoms with van der Waals surface area (Å²) in [6.07, 6.45) is 6.43. The largest absolute Gasteiger partial charge is 0.350 e. The van der Waals surface area contributed by atoms with Crippen LogP contribution in [0, 0.1) is 5.92 Å². The molecule has 130 valence electrons. The zero-order valence-electron chi connectivity index (χ0n) is 14.1. The number of hydrogen-bond acceptors (Lipinski definition) is 3. The standard InChI is InChI=1S/C19H27N3O2/c20-17(14-7-3-1-4-8-14)18(23)21-16-11-12-22(13-16)19(24)15-9-5-2-6-10-15/h1,3-4,7-8,15-17H,2,5-6,9-13,20H2,(H,21,23). The Balaban J connectivity index is 1.50. The lowest BCUT2D eigenvalue weighted by Gasteiger charge is -2.26. The van der Waals surface area contributed by atoms with Crippen LogP contribution >= 0.6 is 0 Å². The molecule has 5 heteroatoms. The molecule has 2 fully saturated rings. The van der Waals surface area contributed by atoms with Gasteiger partial charge in [0.1, 0.15) is 6.04 Å². The molecular weight excluding hydrogens is 302 g/mol. The van der Waals surface area contributed by atoms with Crippen molar-refractivity contribution in [2.75, 3.05) is 13.1 Å². The van der Waals surface area contributed by atoms with E-state index in [2.05, 4.69) is 5.32 Å². The molecule has 0 aromatic heterocycles. The van der Waals surface area contributed by atoms with Crippen LogP contribution in [-0.4, -0.2) is 35.8 Å². The number of nitrogens with two attached hydrogens (primary N) is 1. The highest BCUT2D eigenvalue weighted by atomic mass is 16.2. The van der Waals surface area contributed by atoms with Gasteiger partial charge in [-0.2, -0.15) is 0 Å². The van der Waals surface area contributed by atoms with Crippen molar-refractivity contribution < 1.29 is 9.59 Å². The lowest BCUT2D eigenvalue weighted by molar-refractivity contribution is -0.135. The molecule has 5 nitrogen and oxygen atoms in total. The first-order valence-electron chi connectivity index (χ1n) is 9.05. The fourth-order valence-corrected chi connectivity index (χ4v) is 3.79. The van der Waals surface area contributed by atoms with Gasteiger partial charge in [0, 0.05) is 25.0 Å². The molecule has 2 atom stereocenters. The normalized spacial score (nSPS) is 23.0. The Hall–Kier alpha value is -1.88. The molecule has 2 unspecified atom stereocenters. The van der Waals surface area contributed by atoms with Crippen molar-refractivity contribution >= 4 is 11.8 Å². The maximum Gasteiger partial charge on any atom is 0.241 e. The van der Waals surface area contributed by atoms with Crippen LogP contribution in [-0.2, 0) is 9.59 Å².